The molecule has 0 radical (unpaired) electrons. The highest BCUT2D eigenvalue weighted by molar-refractivity contribution is 5.35. The van der Waals surface area contributed by atoms with E-state index in [0.29, 0.717) is 6.54 Å². The van der Waals surface area contributed by atoms with Crippen LogP contribution in [-0.4, -0.2) is 49.2 Å². The summed E-state index contributed by atoms with van der Waals surface area (Å²) < 4.78 is 37.5. The van der Waals surface area contributed by atoms with Crippen molar-refractivity contribution >= 4 is 5.82 Å². The van der Waals surface area contributed by atoms with Crippen LogP contribution in [0.15, 0.2) is 18.2 Å². The van der Waals surface area contributed by atoms with E-state index in [2.05, 4.69) is 20.5 Å². The number of pyridine rings is 1. The number of anilines is 1. The molecular formula is C13H19F3N4. The molecule has 2 N–H and O–H groups in total. The van der Waals surface area contributed by atoms with Crippen LogP contribution in [0.2, 0.25) is 0 Å². The molecule has 112 valence electrons. The molecule has 0 aromatic carbocycles. The molecule has 0 bridgehead atoms. The van der Waals surface area contributed by atoms with Gasteiger partial charge >= 0.3 is 6.18 Å². The molecule has 0 aliphatic carbocycles. The highest BCUT2D eigenvalue weighted by atomic mass is 19.4. The molecule has 2 rings (SSSR count). The zero-order chi connectivity index (χ0) is 14.4. The number of halogens is 3. The Kier molecular flexibility index (Phi) is 5.19. The van der Waals surface area contributed by atoms with Crippen LogP contribution in [0.25, 0.3) is 0 Å². The first-order valence-electron chi connectivity index (χ1n) is 6.77. The summed E-state index contributed by atoms with van der Waals surface area (Å²) in [5.74, 6) is 0.278. The van der Waals surface area contributed by atoms with E-state index in [4.69, 9.17) is 0 Å². The molecule has 20 heavy (non-hydrogen) atoms. The number of nitrogens with zero attached hydrogens (tertiary/aromatic N) is 2. The predicted molar refractivity (Wildman–Crippen MR) is 71.7 cm³/mol. The van der Waals surface area contributed by atoms with Crippen molar-refractivity contribution in [3.05, 3.63) is 23.9 Å². The van der Waals surface area contributed by atoms with Crippen LogP contribution in [-0.2, 0) is 6.18 Å². The highest BCUT2D eigenvalue weighted by Gasteiger charge is 2.32. The normalized spacial score (nSPS) is 17.1. The van der Waals surface area contributed by atoms with E-state index in [1.165, 1.54) is 6.07 Å². The minimum absolute atomic E-state index is 0.278. The van der Waals surface area contributed by atoms with Gasteiger partial charge in [-0.25, -0.2) is 4.98 Å². The second-order valence-corrected chi connectivity index (χ2v) is 4.78. The summed E-state index contributed by atoms with van der Waals surface area (Å²) >= 11 is 0. The third-order valence-electron chi connectivity index (χ3n) is 3.21. The van der Waals surface area contributed by atoms with Gasteiger partial charge in [0.2, 0.25) is 0 Å². The SMILES string of the molecule is FC(F)(F)c1cccc(NCCCN2CCNCC2)n1. The van der Waals surface area contributed by atoms with Crippen molar-refractivity contribution in [1.82, 2.24) is 15.2 Å². The van der Waals surface area contributed by atoms with Crippen molar-refractivity contribution in [3.8, 4) is 0 Å². The number of alkyl halides is 3. The molecule has 2 heterocycles. The van der Waals surface area contributed by atoms with Gasteiger partial charge in [-0.05, 0) is 25.1 Å². The maximum absolute atomic E-state index is 12.5. The second kappa shape index (κ2) is 6.90. The number of piperazine rings is 1. The van der Waals surface area contributed by atoms with E-state index >= 15 is 0 Å². The number of hydrogen-bond acceptors (Lipinski definition) is 4. The lowest BCUT2D eigenvalue weighted by Gasteiger charge is -2.27. The lowest BCUT2D eigenvalue weighted by Crippen LogP contribution is -2.44. The standard InChI is InChI=1S/C13H19F3N4/c14-13(15,16)11-3-1-4-12(19-11)18-5-2-8-20-9-6-17-7-10-20/h1,3-4,17H,2,5-10H2,(H,18,19). The molecule has 0 atom stereocenters. The van der Waals surface area contributed by atoms with Gasteiger partial charge in [-0.1, -0.05) is 6.07 Å². The number of rotatable bonds is 5. The molecule has 1 saturated heterocycles. The van der Waals surface area contributed by atoms with Crippen molar-refractivity contribution in [2.24, 2.45) is 0 Å². The molecule has 1 aromatic rings. The quantitative estimate of drug-likeness (QED) is 0.811. The maximum atomic E-state index is 12.5. The van der Waals surface area contributed by atoms with Crippen molar-refractivity contribution in [3.63, 3.8) is 0 Å². The topological polar surface area (TPSA) is 40.2 Å². The lowest BCUT2D eigenvalue weighted by molar-refractivity contribution is -0.141. The first-order chi connectivity index (χ1) is 9.55. The van der Waals surface area contributed by atoms with Gasteiger partial charge in [-0.2, -0.15) is 13.2 Å². The van der Waals surface area contributed by atoms with Crippen LogP contribution >= 0.6 is 0 Å². The van der Waals surface area contributed by atoms with Gasteiger partial charge in [0.25, 0.3) is 0 Å². The number of aromatic nitrogens is 1. The molecule has 0 amide bonds. The van der Waals surface area contributed by atoms with Crippen molar-refractivity contribution in [2.75, 3.05) is 44.6 Å². The van der Waals surface area contributed by atoms with Gasteiger partial charge < -0.3 is 15.5 Å². The van der Waals surface area contributed by atoms with Crippen LogP contribution < -0.4 is 10.6 Å². The van der Waals surface area contributed by atoms with Gasteiger partial charge in [-0.3, -0.25) is 0 Å². The first kappa shape index (κ1) is 15.1. The van der Waals surface area contributed by atoms with Crippen molar-refractivity contribution in [2.45, 2.75) is 12.6 Å². The Balaban J connectivity index is 1.73. The molecule has 1 aliphatic heterocycles. The van der Waals surface area contributed by atoms with Crippen LogP contribution in [0.3, 0.4) is 0 Å². The summed E-state index contributed by atoms with van der Waals surface area (Å²) in [6.45, 7) is 5.64. The Morgan fingerprint density at radius 2 is 2.00 bits per heavy atom. The molecule has 1 aromatic heterocycles. The summed E-state index contributed by atoms with van der Waals surface area (Å²) in [5, 5.41) is 6.22. The predicted octanol–water partition coefficient (Wildman–Crippen LogP) is 1.81. The molecular weight excluding hydrogens is 269 g/mol. The third-order valence-corrected chi connectivity index (χ3v) is 3.21. The zero-order valence-corrected chi connectivity index (χ0v) is 11.2. The Morgan fingerprint density at radius 3 is 2.70 bits per heavy atom. The fraction of sp³-hybridized carbons (Fsp3) is 0.615. The Bertz CT molecular complexity index is 416. The van der Waals surface area contributed by atoms with Crippen molar-refractivity contribution < 1.29 is 13.2 Å². The average molecular weight is 288 g/mol. The Labute approximate surface area is 116 Å². The monoisotopic (exact) mass is 288 g/mol. The van der Waals surface area contributed by atoms with E-state index < -0.39 is 11.9 Å². The molecule has 4 nitrogen and oxygen atoms in total. The number of nitrogens with one attached hydrogen (secondary N) is 2. The maximum Gasteiger partial charge on any atom is 0.433 e. The van der Waals surface area contributed by atoms with E-state index in [0.717, 1.165) is 45.2 Å². The summed E-state index contributed by atoms with van der Waals surface area (Å²) in [4.78, 5) is 5.91. The third kappa shape index (κ3) is 4.64. The molecule has 0 spiro atoms. The second-order valence-electron chi connectivity index (χ2n) is 4.78. The van der Waals surface area contributed by atoms with Gasteiger partial charge in [0.1, 0.15) is 11.5 Å². The zero-order valence-electron chi connectivity index (χ0n) is 11.2. The molecule has 0 saturated carbocycles. The molecule has 7 heteroatoms. The molecule has 0 unspecified atom stereocenters. The summed E-state index contributed by atoms with van der Waals surface area (Å²) in [7, 11) is 0. The van der Waals surface area contributed by atoms with E-state index in [1.54, 1.807) is 6.07 Å². The van der Waals surface area contributed by atoms with Crippen LogP contribution in [0, 0.1) is 0 Å². The van der Waals surface area contributed by atoms with Crippen LogP contribution in [0.4, 0.5) is 19.0 Å². The summed E-state index contributed by atoms with van der Waals surface area (Å²) in [5.41, 5.74) is -0.857. The van der Waals surface area contributed by atoms with E-state index in [9.17, 15) is 13.2 Å². The first-order valence-corrected chi connectivity index (χ1v) is 6.77. The number of hydrogen-bond donors (Lipinski definition) is 2. The fourth-order valence-corrected chi connectivity index (χ4v) is 2.14. The molecule has 1 fully saturated rings. The van der Waals surface area contributed by atoms with E-state index in [-0.39, 0.29) is 5.82 Å². The van der Waals surface area contributed by atoms with Crippen molar-refractivity contribution in [1.29, 1.82) is 0 Å². The van der Waals surface area contributed by atoms with Crippen LogP contribution in [0.5, 0.6) is 0 Å². The minimum atomic E-state index is -4.39. The fourth-order valence-electron chi connectivity index (χ4n) is 2.14. The highest BCUT2D eigenvalue weighted by Crippen LogP contribution is 2.28. The van der Waals surface area contributed by atoms with E-state index in [1.807, 2.05) is 0 Å². The summed E-state index contributed by atoms with van der Waals surface area (Å²) in [6.07, 6.45) is -3.50. The van der Waals surface area contributed by atoms with Crippen LogP contribution in [0.1, 0.15) is 12.1 Å². The Hall–Kier alpha value is -1.34. The van der Waals surface area contributed by atoms with Gasteiger partial charge in [0, 0.05) is 32.7 Å². The molecule has 1 aliphatic rings. The minimum Gasteiger partial charge on any atom is -0.370 e. The smallest absolute Gasteiger partial charge is 0.370 e. The summed E-state index contributed by atoms with van der Waals surface area (Å²) in [6, 6.07) is 3.90. The largest absolute Gasteiger partial charge is 0.433 e. The van der Waals surface area contributed by atoms with Gasteiger partial charge in [-0.15, -0.1) is 0 Å². The Morgan fingerprint density at radius 1 is 1.25 bits per heavy atom. The lowest BCUT2D eigenvalue weighted by atomic mass is 10.3. The van der Waals surface area contributed by atoms with Gasteiger partial charge in [0.05, 0.1) is 0 Å². The average Bonchev–Trinajstić information content (AvgIpc) is 2.44. The van der Waals surface area contributed by atoms with Gasteiger partial charge in [0.15, 0.2) is 0 Å².